The Morgan fingerprint density at radius 1 is 1.22 bits per heavy atom. The highest BCUT2D eigenvalue weighted by Crippen LogP contribution is 2.11. The van der Waals surface area contributed by atoms with Crippen LogP contribution in [0.15, 0.2) is 41.3 Å². The Morgan fingerprint density at radius 3 is 2.72 bits per heavy atom. The molecule has 0 spiro atoms. The lowest BCUT2D eigenvalue weighted by Gasteiger charge is -2.02. The molecule has 0 aliphatic carbocycles. The van der Waals surface area contributed by atoms with Crippen LogP contribution in [0.1, 0.15) is 0 Å². The molecular weight excluding hydrogens is 232 g/mol. The maximum atomic E-state index is 11.9. The van der Waals surface area contributed by atoms with Gasteiger partial charge in [-0.25, -0.2) is 4.68 Å². The maximum Gasteiger partial charge on any atom is 0.282 e. The van der Waals surface area contributed by atoms with Crippen LogP contribution in [0.25, 0.3) is 16.7 Å². The van der Waals surface area contributed by atoms with E-state index < -0.39 is 0 Å². The van der Waals surface area contributed by atoms with Gasteiger partial charge in [0.25, 0.3) is 5.56 Å². The molecule has 2 heterocycles. The summed E-state index contributed by atoms with van der Waals surface area (Å²) in [4.78, 5) is 11.9. The van der Waals surface area contributed by atoms with Gasteiger partial charge in [0, 0.05) is 0 Å². The Balaban J connectivity index is 2.29. The Morgan fingerprint density at radius 2 is 2.00 bits per heavy atom. The molecule has 7 nitrogen and oxygen atoms in total. The fourth-order valence-corrected chi connectivity index (χ4v) is 1.74. The van der Waals surface area contributed by atoms with E-state index in [-0.39, 0.29) is 12.2 Å². The summed E-state index contributed by atoms with van der Waals surface area (Å²) in [7, 11) is 0. The molecule has 0 saturated heterocycles. The van der Waals surface area contributed by atoms with Crippen molar-refractivity contribution in [3.63, 3.8) is 0 Å². The largest absolute Gasteiger partial charge is 0.312 e. The molecule has 0 aliphatic heterocycles. The van der Waals surface area contributed by atoms with Gasteiger partial charge in [0.05, 0.1) is 18.6 Å². The van der Waals surface area contributed by atoms with Gasteiger partial charge in [-0.2, -0.15) is 9.78 Å². The molecule has 3 aromatic rings. The minimum Gasteiger partial charge on any atom is -0.312 e. The van der Waals surface area contributed by atoms with Crippen molar-refractivity contribution < 1.29 is 0 Å². The van der Waals surface area contributed by atoms with Gasteiger partial charge in [-0.15, -0.1) is 5.10 Å². The van der Waals surface area contributed by atoms with Crippen molar-refractivity contribution in [1.82, 2.24) is 24.8 Å². The number of nitrogens with zero attached hydrogens (tertiary/aromatic N) is 5. The fourth-order valence-electron chi connectivity index (χ4n) is 1.74. The summed E-state index contributed by atoms with van der Waals surface area (Å²) in [6.07, 6.45) is 1.48. The molecule has 90 valence electrons. The average molecular weight is 242 g/mol. The molecule has 0 saturated carbocycles. The molecule has 2 N–H and O–H groups in total. The first-order valence-electron chi connectivity index (χ1n) is 5.38. The first kappa shape index (κ1) is 10.6. The summed E-state index contributed by atoms with van der Waals surface area (Å²) in [5.74, 6) is 0. The van der Waals surface area contributed by atoms with Crippen LogP contribution in [-0.2, 0) is 6.67 Å². The molecule has 0 amide bonds. The number of benzene rings is 1. The fraction of sp³-hybridized carbons (Fsp3) is 0.0909. The lowest BCUT2D eigenvalue weighted by Crippen LogP contribution is -2.27. The van der Waals surface area contributed by atoms with Crippen LogP contribution in [-0.4, -0.2) is 24.8 Å². The molecule has 0 aliphatic rings. The Labute approximate surface area is 101 Å². The van der Waals surface area contributed by atoms with E-state index in [0.29, 0.717) is 11.0 Å². The van der Waals surface area contributed by atoms with Gasteiger partial charge in [0.2, 0.25) is 0 Å². The van der Waals surface area contributed by atoms with Crippen molar-refractivity contribution in [3.8, 4) is 5.69 Å². The minimum absolute atomic E-state index is 0.00170. The van der Waals surface area contributed by atoms with Crippen LogP contribution in [0.3, 0.4) is 0 Å². The van der Waals surface area contributed by atoms with E-state index in [4.69, 9.17) is 5.73 Å². The molecule has 0 atom stereocenters. The summed E-state index contributed by atoms with van der Waals surface area (Å²) >= 11 is 0. The van der Waals surface area contributed by atoms with Crippen molar-refractivity contribution >= 4 is 11.0 Å². The molecule has 1 aromatic carbocycles. The van der Waals surface area contributed by atoms with Crippen LogP contribution in [0.2, 0.25) is 0 Å². The standard InChI is InChI=1S/C11H10N6O/c12-7-16-11(18)9-6-13-17(10(9)14-15-16)8-4-2-1-3-5-8/h1-6H,7,12H2. The van der Waals surface area contributed by atoms with E-state index in [0.717, 1.165) is 10.4 Å². The summed E-state index contributed by atoms with van der Waals surface area (Å²) in [6.45, 7) is -0.00170. The smallest absolute Gasteiger partial charge is 0.282 e. The Bertz CT molecular complexity index is 745. The Kier molecular flexibility index (Phi) is 2.38. The molecule has 2 aromatic heterocycles. The molecular formula is C11H10N6O. The third-order valence-corrected chi connectivity index (χ3v) is 2.63. The van der Waals surface area contributed by atoms with E-state index in [2.05, 4.69) is 15.4 Å². The lowest BCUT2D eigenvalue weighted by molar-refractivity contribution is 0.563. The normalized spacial score (nSPS) is 10.9. The highest BCUT2D eigenvalue weighted by molar-refractivity contribution is 5.74. The van der Waals surface area contributed by atoms with E-state index in [1.807, 2.05) is 30.3 Å². The molecule has 0 fully saturated rings. The number of para-hydroxylation sites is 1. The van der Waals surface area contributed by atoms with Crippen LogP contribution >= 0.6 is 0 Å². The second-order valence-electron chi connectivity index (χ2n) is 3.71. The third kappa shape index (κ3) is 1.49. The topological polar surface area (TPSA) is 91.6 Å². The van der Waals surface area contributed by atoms with Crippen molar-refractivity contribution in [2.75, 3.05) is 0 Å². The van der Waals surface area contributed by atoms with Crippen molar-refractivity contribution in [1.29, 1.82) is 0 Å². The maximum absolute atomic E-state index is 11.9. The van der Waals surface area contributed by atoms with E-state index in [1.54, 1.807) is 4.68 Å². The molecule has 0 bridgehead atoms. The van der Waals surface area contributed by atoms with Gasteiger partial charge in [0.15, 0.2) is 5.65 Å². The second-order valence-corrected chi connectivity index (χ2v) is 3.71. The summed E-state index contributed by atoms with van der Waals surface area (Å²) in [5, 5.41) is 12.3. The third-order valence-electron chi connectivity index (χ3n) is 2.63. The minimum atomic E-state index is -0.287. The number of nitrogens with two attached hydrogens (primary N) is 1. The average Bonchev–Trinajstić information content (AvgIpc) is 2.85. The van der Waals surface area contributed by atoms with Crippen LogP contribution in [0.4, 0.5) is 0 Å². The van der Waals surface area contributed by atoms with E-state index in [9.17, 15) is 4.79 Å². The number of hydrogen-bond acceptors (Lipinski definition) is 5. The van der Waals surface area contributed by atoms with E-state index >= 15 is 0 Å². The zero-order chi connectivity index (χ0) is 12.5. The highest BCUT2D eigenvalue weighted by atomic mass is 16.1. The van der Waals surface area contributed by atoms with Gasteiger partial charge in [-0.05, 0) is 12.1 Å². The molecule has 0 radical (unpaired) electrons. The first-order chi connectivity index (χ1) is 8.81. The monoisotopic (exact) mass is 242 g/mol. The number of hydrogen-bond donors (Lipinski definition) is 1. The van der Waals surface area contributed by atoms with Crippen LogP contribution in [0.5, 0.6) is 0 Å². The quantitative estimate of drug-likeness (QED) is 0.677. The van der Waals surface area contributed by atoms with Crippen molar-refractivity contribution in [2.24, 2.45) is 5.73 Å². The summed E-state index contributed by atoms with van der Waals surface area (Å²) in [6, 6.07) is 9.43. The second kappa shape index (κ2) is 4.04. The SMILES string of the molecule is NCn1nnc2c(cnn2-c2ccccc2)c1=O. The summed E-state index contributed by atoms with van der Waals surface area (Å²) in [5.41, 5.74) is 6.36. The zero-order valence-electron chi connectivity index (χ0n) is 9.39. The zero-order valence-corrected chi connectivity index (χ0v) is 9.39. The van der Waals surface area contributed by atoms with Crippen molar-refractivity contribution in [2.45, 2.75) is 6.67 Å². The number of aromatic nitrogens is 5. The molecule has 18 heavy (non-hydrogen) atoms. The van der Waals surface area contributed by atoms with Crippen LogP contribution < -0.4 is 11.3 Å². The van der Waals surface area contributed by atoms with Crippen LogP contribution in [0, 0.1) is 0 Å². The molecule has 0 unspecified atom stereocenters. The predicted octanol–water partition coefficient (Wildman–Crippen LogP) is -0.107. The Hall–Kier alpha value is -2.54. The predicted molar refractivity (Wildman–Crippen MR) is 65.1 cm³/mol. The number of fused-ring (bicyclic) bond motifs is 1. The van der Waals surface area contributed by atoms with Crippen molar-refractivity contribution in [3.05, 3.63) is 46.9 Å². The van der Waals surface area contributed by atoms with Gasteiger partial charge in [-0.3, -0.25) is 4.79 Å². The van der Waals surface area contributed by atoms with Gasteiger partial charge in [-0.1, -0.05) is 23.4 Å². The summed E-state index contributed by atoms with van der Waals surface area (Å²) < 4.78 is 2.67. The molecule has 7 heteroatoms. The van der Waals surface area contributed by atoms with Gasteiger partial charge in [0.1, 0.15) is 5.39 Å². The van der Waals surface area contributed by atoms with E-state index in [1.165, 1.54) is 6.20 Å². The number of rotatable bonds is 2. The highest BCUT2D eigenvalue weighted by Gasteiger charge is 2.11. The van der Waals surface area contributed by atoms with Gasteiger partial charge >= 0.3 is 0 Å². The molecule has 3 rings (SSSR count). The first-order valence-corrected chi connectivity index (χ1v) is 5.38. The lowest BCUT2D eigenvalue weighted by atomic mass is 10.3. The van der Waals surface area contributed by atoms with Gasteiger partial charge < -0.3 is 5.73 Å².